The van der Waals surface area contributed by atoms with Crippen molar-refractivity contribution in [1.82, 2.24) is 14.2 Å². The molecule has 1 aliphatic heterocycles. The number of rotatable bonds is 12. The van der Waals surface area contributed by atoms with Crippen LogP contribution in [0.1, 0.15) is 29.0 Å². The maximum absolute atomic E-state index is 15.4. The maximum Gasteiger partial charge on any atom is 0.407 e. The fraction of sp³-hybridized carbons (Fsp3) is 0.294. The van der Waals surface area contributed by atoms with Gasteiger partial charge in [0.1, 0.15) is 5.82 Å². The first kappa shape index (κ1) is 34.1. The van der Waals surface area contributed by atoms with Crippen LogP contribution in [0.25, 0.3) is 0 Å². The summed E-state index contributed by atoms with van der Waals surface area (Å²) in [5, 5.41) is 13.6. The van der Waals surface area contributed by atoms with E-state index in [4.69, 9.17) is 22.1 Å². The van der Waals surface area contributed by atoms with Crippen LogP contribution in [0.15, 0.2) is 96.0 Å². The molecule has 0 spiro atoms. The lowest BCUT2D eigenvalue weighted by atomic mass is 9.86. The molecule has 248 valence electrons. The number of hydrogen-bond donors (Lipinski definition) is 3. The Morgan fingerprint density at radius 2 is 1.79 bits per heavy atom. The number of methoxy groups -OCH3 is 1. The Hall–Kier alpha value is -4.23. The van der Waals surface area contributed by atoms with Crippen molar-refractivity contribution in [1.29, 1.82) is 0 Å². The average molecular weight is 682 g/mol. The van der Waals surface area contributed by atoms with Gasteiger partial charge in [0.25, 0.3) is 0 Å². The molecule has 1 saturated heterocycles. The number of nitrogens with one attached hydrogen (secondary N) is 1. The van der Waals surface area contributed by atoms with Crippen LogP contribution in [0, 0.1) is 5.82 Å². The highest BCUT2D eigenvalue weighted by atomic mass is 35.5. The molecule has 1 amide bonds. The molecule has 3 atom stereocenters. The van der Waals surface area contributed by atoms with Gasteiger partial charge >= 0.3 is 6.09 Å². The number of aromatic nitrogens is 1. The number of anilines is 1. The number of nitrogens with two attached hydrogens (primary N) is 1. The summed E-state index contributed by atoms with van der Waals surface area (Å²) < 4.78 is 49.1. The third kappa shape index (κ3) is 8.02. The van der Waals surface area contributed by atoms with Gasteiger partial charge in [-0.15, -0.1) is 0 Å². The molecule has 0 saturated carbocycles. The molecular weight excluding hydrogens is 645 g/mol. The van der Waals surface area contributed by atoms with Gasteiger partial charge in [0.15, 0.2) is 0 Å². The van der Waals surface area contributed by atoms with Crippen molar-refractivity contribution in [2.24, 2.45) is 5.73 Å². The van der Waals surface area contributed by atoms with Gasteiger partial charge in [-0.25, -0.2) is 22.6 Å². The van der Waals surface area contributed by atoms with Crippen LogP contribution in [0.3, 0.4) is 0 Å². The van der Waals surface area contributed by atoms with E-state index >= 15 is 4.39 Å². The van der Waals surface area contributed by atoms with Gasteiger partial charge in [0.2, 0.25) is 15.9 Å². The molecule has 4 aromatic rings. The standard InChI is InChI=1S/C34H37ClFN5O5S/c1-46-32-17-12-24(20-39-32)33(23-10-13-25(35)14-11-23)30(37)21-38-31-9-5-8-29(36)28(31)16-15-26-22-40(34(42)43)18-19-41(26)47(44,45)27-6-3-2-4-7-27/h2-14,17,20,26,30,33,38H,15-16,18-19,21-22,37H2,1H3,(H,42,43)/t26?,30-,33+/m1/s1. The molecule has 0 bridgehead atoms. The molecule has 0 aliphatic carbocycles. The summed E-state index contributed by atoms with van der Waals surface area (Å²) in [5.74, 6) is -0.268. The van der Waals surface area contributed by atoms with Crippen LogP contribution in [-0.2, 0) is 16.4 Å². The fourth-order valence-electron chi connectivity index (χ4n) is 5.98. The first-order chi connectivity index (χ1) is 22.6. The number of ether oxygens (including phenoxy) is 1. The second kappa shape index (κ2) is 15.1. The third-order valence-electron chi connectivity index (χ3n) is 8.41. The molecule has 10 nitrogen and oxygen atoms in total. The summed E-state index contributed by atoms with van der Waals surface area (Å²) in [4.78, 5) is 17.5. The zero-order valence-corrected chi connectivity index (χ0v) is 27.4. The highest BCUT2D eigenvalue weighted by Crippen LogP contribution is 2.31. The summed E-state index contributed by atoms with van der Waals surface area (Å²) >= 11 is 6.15. The van der Waals surface area contributed by atoms with Crippen molar-refractivity contribution in [2.75, 3.05) is 38.6 Å². The van der Waals surface area contributed by atoms with E-state index in [-0.39, 0.29) is 49.8 Å². The number of pyridine rings is 1. The quantitative estimate of drug-likeness (QED) is 0.180. The van der Waals surface area contributed by atoms with Gasteiger partial charge in [-0.05, 0) is 60.4 Å². The molecule has 47 heavy (non-hydrogen) atoms. The molecule has 1 fully saturated rings. The molecular formula is C34H37ClFN5O5S. The van der Waals surface area contributed by atoms with Crippen LogP contribution < -0.4 is 15.8 Å². The van der Waals surface area contributed by atoms with Crippen molar-refractivity contribution >= 4 is 33.4 Å². The van der Waals surface area contributed by atoms with E-state index < -0.39 is 34.0 Å². The van der Waals surface area contributed by atoms with E-state index in [1.54, 1.807) is 61.8 Å². The van der Waals surface area contributed by atoms with Gasteiger partial charge in [0, 0.05) is 72.7 Å². The van der Waals surface area contributed by atoms with Crippen LogP contribution in [0.4, 0.5) is 14.9 Å². The van der Waals surface area contributed by atoms with Gasteiger partial charge in [-0.3, -0.25) is 0 Å². The minimum atomic E-state index is -3.91. The van der Waals surface area contributed by atoms with E-state index in [1.165, 1.54) is 27.4 Å². The fourth-order valence-corrected chi connectivity index (χ4v) is 7.76. The van der Waals surface area contributed by atoms with Crippen LogP contribution in [0.2, 0.25) is 5.02 Å². The molecule has 2 heterocycles. The lowest BCUT2D eigenvalue weighted by Gasteiger charge is -2.39. The normalized spacial score (nSPS) is 16.8. The third-order valence-corrected chi connectivity index (χ3v) is 10.6. The van der Waals surface area contributed by atoms with Gasteiger partial charge in [-0.1, -0.05) is 54.1 Å². The lowest BCUT2D eigenvalue weighted by molar-refractivity contribution is 0.102. The van der Waals surface area contributed by atoms with Crippen molar-refractivity contribution in [3.05, 3.63) is 119 Å². The second-order valence-corrected chi connectivity index (χ2v) is 13.7. The Morgan fingerprint density at radius 3 is 2.45 bits per heavy atom. The van der Waals surface area contributed by atoms with Gasteiger partial charge < -0.3 is 25.8 Å². The van der Waals surface area contributed by atoms with E-state index in [0.29, 0.717) is 22.2 Å². The predicted octanol–water partition coefficient (Wildman–Crippen LogP) is 5.44. The number of carboxylic acid groups (broad SMARTS) is 1. The first-order valence-corrected chi connectivity index (χ1v) is 17.0. The summed E-state index contributed by atoms with van der Waals surface area (Å²) in [6.45, 7) is 0.279. The van der Waals surface area contributed by atoms with Crippen molar-refractivity contribution in [3.8, 4) is 5.88 Å². The summed E-state index contributed by atoms with van der Waals surface area (Å²) in [5.41, 5.74) is 9.47. The minimum Gasteiger partial charge on any atom is -0.481 e. The smallest absolute Gasteiger partial charge is 0.407 e. The summed E-state index contributed by atoms with van der Waals surface area (Å²) in [6.07, 6.45) is 0.941. The molecule has 1 unspecified atom stereocenters. The largest absolute Gasteiger partial charge is 0.481 e. The molecule has 5 rings (SSSR count). The van der Waals surface area contributed by atoms with Crippen LogP contribution in [-0.4, -0.2) is 79.2 Å². The topological polar surface area (TPSA) is 138 Å². The van der Waals surface area contributed by atoms with Crippen molar-refractivity contribution < 1.29 is 27.4 Å². The Bertz CT molecular complexity index is 1760. The molecule has 1 aliphatic rings. The molecule has 4 N–H and O–H groups in total. The highest BCUT2D eigenvalue weighted by molar-refractivity contribution is 7.89. The maximum atomic E-state index is 15.4. The second-order valence-electron chi connectivity index (χ2n) is 11.3. The number of carbonyl (C=O) groups is 1. The predicted molar refractivity (Wildman–Crippen MR) is 179 cm³/mol. The molecule has 3 aromatic carbocycles. The van der Waals surface area contributed by atoms with E-state index in [9.17, 15) is 18.3 Å². The Labute approximate surface area is 279 Å². The van der Waals surface area contributed by atoms with Crippen LogP contribution in [0.5, 0.6) is 5.88 Å². The Morgan fingerprint density at radius 1 is 1.06 bits per heavy atom. The first-order valence-electron chi connectivity index (χ1n) is 15.2. The van der Waals surface area contributed by atoms with Gasteiger partial charge in [-0.2, -0.15) is 4.31 Å². The Balaban J connectivity index is 1.36. The van der Waals surface area contributed by atoms with Crippen molar-refractivity contribution in [2.45, 2.75) is 35.7 Å². The monoisotopic (exact) mass is 681 g/mol. The van der Waals surface area contributed by atoms with Crippen LogP contribution >= 0.6 is 11.6 Å². The SMILES string of the molecule is COc1ccc([C@H](c2ccc(Cl)cc2)[C@H](N)CNc2cccc(F)c2CCC2CN(C(=O)O)CCN2S(=O)(=O)c2ccccc2)cn1. The number of nitrogens with zero attached hydrogens (tertiary/aromatic N) is 3. The lowest BCUT2D eigenvalue weighted by Crippen LogP contribution is -2.56. The van der Waals surface area contributed by atoms with E-state index in [0.717, 1.165) is 11.1 Å². The minimum absolute atomic E-state index is 0.00225. The molecule has 0 radical (unpaired) electrons. The summed E-state index contributed by atoms with van der Waals surface area (Å²) in [6, 6.07) is 22.6. The molecule has 1 aromatic heterocycles. The van der Waals surface area contributed by atoms with E-state index in [1.807, 2.05) is 18.2 Å². The number of piperazine rings is 1. The van der Waals surface area contributed by atoms with Gasteiger partial charge in [0.05, 0.1) is 12.0 Å². The molecule has 13 heteroatoms. The van der Waals surface area contributed by atoms with E-state index in [2.05, 4.69) is 10.3 Å². The average Bonchev–Trinajstić information content (AvgIpc) is 3.08. The number of halogens is 2. The Kier molecular flexibility index (Phi) is 11.0. The number of amides is 1. The number of benzene rings is 3. The zero-order valence-electron chi connectivity index (χ0n) is 25.8. The zero-order chi connectivity index (χ0) is 33.6. The van der Waals surface area contributed by atoms with Crippen molar-refractivity contribution in [3.63, 3.8) is 0 Å². The number of sulfonamides is 1. The summed E-state index contributed by atoms with van der Waals surface area (Å²) in [7, 11) is -2.37. The highest BCUT2D eigenvalue weighted by Gasteiger charge is 2.37. The number of hydrogen-bond acceptors (Lipinski definition) is 7.